The van der Waals surface area contributed by atoms with E-state index in [9.17, 15) is 22.8 Å². The molecule has 0 bridgehead atoms. The lowest BCUT2D eigenvalue weighted by Crippen LogP contribution is -2.55. The smallest absolute Gasteiger partial charge is 0.426 e. The summed E-state index contributed by atoms with van der Waals surface area (Å²) in [5.41, 5.74) is 2.29. The van der Waals surface area contributed by atoms with Crippen LogP contribution in [-0.2, 0) is 16.0 Å². The van der Waals surface area contributed by atoms with Gasteiger partial charge in [0, 0.05) is 48.7 Å². The molecule has 1 atom stereocenters. The highest BCUT2D eigenvalue weighted by Crippen LogP contribution is 2.29. The predicted molar refractivity (Wildman–Crippen MR) is 111 cm³/mol. The van der Waals surface area contributed by atoms with Crippen LogP contribution in [0.15, 0.2) is 42.5 Å². The molecule has 7 nitrogen and oxygen atoms in total. The van der Waals surface area contributed by atoms with Gasteiger partial charge >= 0.3 is 12.3 Å². The molecule has 170 valence electrons. The van der Waals surface area contributed by atoms with Gasteiger partial charge in [0.05, 0.1) is 13.0 Å². The van der Waals surface area contributed by atoms with Gasteiger partial charge in [-0.15, -0.1) is 13.2 Å². The molecule has 2 heterocycles. The molecule has 1 amide bonds. The monoisotopic (exact) mass is 449 g/mol. The van der Waals surface area contributed by atoms with Crippen molar-refractivity contribution in [2.45, 2.75) is 25.7 Å². The van der Waals surface area contributed by atoms with Crippen LogP contribution in [0.1, 0.15) is 12.5 Å². The van der Waals surface area contributed by atoms with Gasteiger partial charge in [0.25, 0.3) is 0 Å². The summed E-state index contributed by atoms with van der Waals surface area (Å²) in [6, 6.07) is 11.0. The second-order valence-corrected chi connectivity index (χ2v) is 7.75. The molecule has 2 aromatic carbocycles. The Morgan fingerprint density at radius 1 is 1.19 bits per heavy atom. The van der Waals surface area contributed by atoms with Crippen molar-refractivity contribution in [2.75, 3.05) is 36.4 Å². The number of esters is 1. The third-order valence-electron chi connectivity index (χ3n) is 5.45. The van der Waals surface area contributed by atoms with E-state index in [1.165, 1.54) is 12.1 Å². The van der Waals surface area contributed by atoms with E-state index in [1.807, 2.05) is 17.9 Å². The lowest BCUT2D eigenvalue weighted by atomic mass is 10.1. The summed E-state index contributed by atoms with van der Waals surface area (Å²) in [6.07, 6.45) is -4.46. The first kappa shape index (κ1) is 21.8. The molecule has 1 N–H and O–H groups in total. The Balaban J connectivity index is 1.30. The number of ether oxygens (including phenoxy) is 2. The highest BCUT2D eigenvalue weighted by molar-refractivity contribution is 5.83. The van der Waals surface area contributed by atoms with Crippen molar-refractivity contribution in [1.82, 2.24) is 4.90 Å². The average molecular weight is 449 g/mol. The van der Waals surface area contributed by atoms with Crippen molar-refractivity contribution >= 4 is 23.3 Å². The van der Waals surface area contributed by atoms with Gasteiger partial charge in [0.1, 0.15) is 11.5 Å². The molecule has 0 aromatic heterocycles. The van der Waals surface area contributed by atoms with Gasteiger partial charge in [-0.25, -0.2) is 0 Å². The Bertz CT molecular complexity index is 1010. The van der Waals surface area contributed by atoms with E-state index < -0.39 is 6.36 Å². The minimum Gasteiger partial charge on any atom is -0.426 e. The topological polar surface area (TPSA) is 71.1 Å². The summed E-state index contributed by atoms with van der Waals surface area (Å²) >= 11 is 0. The van der Waals surface area contributed by atoms with E-state index in [2.05, 4.69) is 10.1 Å². The summed E-state index contributed by atoms with van der Waals surface area (Å²) in [4.78, 5) is 27.9. The first-order valence-corrected chi connectivity index (χ1v) is 10.2. The summed E-state index contributed by atoms with van der Waals surface area (Å²) < 4.78 is 46.0. The van der Waals surface area contributed by atoms with E-state index in [0.29, 0.717) is 31.1 Å². The Labute approximate surface area is 182 Å². The maximum absolute atomic E-state index is 12.7. The summed E-state index contributed by atoms with van der Waals surface area (Å²) in [7, 11) is 0. The number of hydrogen-bond acceptors (Lipinski definition) is 6. The van der Waals surface area contributed by atoms with E-state index in [1.54, 1.807) is 29.2 Å². The molecule has 0 unspecified atom stereocenters. The Morgan fingerprint density at radius 3 is 2.62 bits per heavy atom. The van der Waals surface area contributed by atoms with Crippen LogP contribution in [0.4, 0.5) is 24.5 Å². The normalized spacial score (nSPS) is 18.2. The molecule has 10 heteroatoms. The molecule has 0 aliphatic carbocycles. The largest absolute Gasteiger partial charge is 0.573 e. The number of fused-ring (bicyclic) bond motifs is 1. The molecule has 2 aliphatic rings. The predicted octanol–water partition coefficient (Wildman–Crippen LogP) is 3.20. The summed E-state index contributed by atoms with van der Waals surface area (Å²) in [5, 5.41) is 3.07. The van der Waals surface area contributed by atoms with Crippen molar-refractivity contribution in [3.8, 4) is 11.5 Å². The number of piperazine rings is 1. The molecular formula is C22H22F3N3O4. The van der Waals surface area contributed by atoms with Crippen LogP contribution in [0.25, 0.3) is 0 Å². The SMILES string of the molecule is C[C@@H]1CN(c2ccc(OC(F)(F)F)cc2)CCN1C(=O)CNc1ccc2c(c1)OC(=O)C2. The first-order valence-electron chi connectivity index (χ1n) is 10.2. The number of halogens is 3. The molecule has 0 radical (unpaired) electrons. The Hall–Kier alpha value is -3.43. The van der Waals surface area contributed by atoms with Gasteiger partial charge in [-0.1, -0.05) is 6.07 Å². The number of anilines is 2. The van der Waals surface area contributed by atoms with Crippen molar-refractivity contribution < 1.29 is 32.2 Å². The zero-order chi connectivity index (χ0) is 22.9. The highest BCUT2D eigenvalue weighted by atomic mass is 19.4. The molecule has 32 heavy (non-hydrogen) atoms. The summed E-state index contributed by atoms with van der Waals surface area (Å²) in [6.45, 7) is 3.63. The molecule has 2 aromatic rings. The van der Waals surface area contributed by atoms with Crippen molar-refractivity contribution in [3.63, 3.8) is 0 Å². The highest BCUT2D eigenvalue weighted by Gasteiger charge is 2.31. The zero-order valence-electron chi connectivity index (χ0n) is 17.3. The van der Waals surface area contributed by atoms with Crippen LogP contribution >= 0.6 is 0 Å². The number of carbonyl (C=O) groups is 2. The van der Waals surface area contributed by atoms with E-state index in [-0.39, 0.29) is 36.6 Å². The molecule has 1 fully saturated rings. The number of nitrogens with zero attached hydrogens (tertiary/aromatic N) is 2. The van der Waals surface area contributed by atoms with E-state index in [4.69, 9.17) is 4.74 Å². The number of nitrogens with one attached hydrogen (secondary N) is 1. The Morgan fingerprint density at radius 2 is 1.94 bits per heavy atom. The fraction of sp³-hybridized carbons (Fsp3) is 0.364. The fourth-order valence-electron chi connectivity index (χ4n) is 3.92. The number of amides is 1. The first-order chi connectivity index (χ1) is 15.2. The van der Waals surface area contributed by atoms with Gasteiger partial charge in [-0.3, -0.25) is 9.59 Å². The lowest BCUT2D eigenvalue weighted by molar-refractivity contribution is -0.274. The number of benzene rings is 2. The molecule has 0 saturated carbocycles. The van der Waals surface area contributed by atoms with Crippen LogP contribution < -0.4 is 19.7 Å². The third-order valence-corrected chi connectivity index (χ3v) is 5.45. The van der Waals surface area contributed by atoms with E-state index >= 15 is 0 Å². The molecule has 4 rings (SSSR count). The van der Waals surface area contributed by atoms with Gasteiger partial charge in [-0.2, -0.15) is 0 Å². The fourth-order valence-corrected chi connectivity index (χ4v) is 3.92. The quantitative estimate of drug-likeness (QED) is 0.559. The van der Waals surface area contributed by atoms with Crippen LogP contribution in [0.3, 0.4) is 0 Å². The van der Waals surface area contributed by atoms with Gasteiger partial charge < -0.3 is 24.6 Å². The second kappa shape index (κ2) is 8.60. The molecule has 1 saturated heterocycles. The lowest BCUT2D eigenvalue weighted by Gasteiger charge is -2.41. The maximum Gasteiger partial charge on any atom is 0.573 e. The van der Waals surface area contributed by atoms with Crippen molar-refractivity contribution in [1.29, 1.82) is 0 Å². The third kappa shape index (κ3) is 5.06. The zero-order valence-corrected chi connectivity index (χ0v) is 17.3. The van der Waals surface area contributed by atoms with Crippen LogP contribution in [0, 0.1) is 0 Å². The minimum atomic E-state index is -4.72. The molecule has 2 aliphatic heterocycles. The van der Waals surface area contributed by atoms with E-state index in [0.717, 1.165) is 11.3 Å². The minimum absolute atomic E-state index is 0.0661. The maximum atomic E-state index is 12.7. The standard InChI is InChI=1S/C22H22F3N3O4/c1-14-13-27(17-4-6-18(7-5-17)32-22(23,24)25)8-9-28(14)20(29)12-26-16-3-2-15-10-21(30)31-19(15)11-16/h2-7,11,14,26H,8-10,12-13H2,1H3/t14-/m1/s1. The van der Waals surface area contributed by atoms with Crippen LogP contribution in [-0.4, -0.2) is 55.4 Å². The number of rotatable bonds is 5. The number of hydrogen-bond donors (Lipinski definition) is 1. The van der Waals surface area contributed by atoms with Gasteiger partial charge in [0.15, 0.2) is 0 Å². The molecule has 0 spiro atoms. The van der Waals surface area contributed by atoms with Crippen molar-refractivity contribution in [2.24, 2.45) is 0 Å². The van der Waals surface area contributed by atoms with Crippen LogP contribution in [0.5, 0.6) is 11.5 Å². The average Bonchev–Trinajstić information content (AvgIpc) is 3.10. The Kier molecular flexibility index (Phi) is 5.86. The second-order valence-electron chi connectivity index (χ2n) is 7.75. The number of alkyl halides is 3. The number of carbonyl (C=O) groups excluding carboxylic acids is 2. The molecular weight excluding hydrogens is 427 g/mol. The van der Waals surface area contributed by atoms with Crippen molar-refractivity contribution in [3.05, 3.63) is 48.0 Å². The van der Waals surface area contributed by atoms with Crippen LogP contribution in [0.2, 0.25) is 0 Å². The van der Waals surface area contributed by atoms with Gasteiger partial charge in [0.2, 0.25) is 5.91 Å². The van der Waals surface area contributed by atoms with Gasteiger partial charge in [-0.05, 0) is 37.3 Å². The summed E-state index contributed by atoms with van der Waals surface area (Å²) in [5.74, 6) is -0.109.